The molecule has 4 rings (SSSR count). The average molecular weight is 414 g/mol. The van der Waals surface area contributed by atoms with Crippen LogP contribution in [0.25, 0.3) is 16.7 Å². The van der Waals surface area contributed by atoms with E-state index >= 15 is 0 Å². The summed E-state index contributed by atoms with van der Waals surface area (Å²) in [5.41, 5.74) is 1.53. The number of aromatic nitrogens is 4. The first-order chi connectivity index (χ1) is 13.6. The molecule has 0 unspecified atom stereocenters. The van der Waals surface area contributed by atoms with Gasteiger partial charge in [0.1, 0.15) is 17.2 Å². The fourth-order valence-electron chi connectivity index (χ4n) is 2.62. The van der Waals surface area contributed by atoms with Crippen molar-refractivity contribution in [3.63, 3.8) is 0 Å². The summed E-state index contributed by atoms with van der Waals surface area (Å²) in [6.07, 6.45) is 3.06. The van der Waals surface area contributed by atoms with Crippen LogP contribution in [0.15, 0.2) is 66.1 Å². The summed E-state index contributed by atoms with van der Waals surface area (Å²) in [6.45, 7) is 0. The van der Waals surface area contributed by atoms with Gasteiger partial charge in [-0.1, -0.05) is 41.6 Å². The smallest absolute Gasteiger partial charge is 0.234 e. The number of hydrogen-bond acceptors (Lipinski definition) is 5. The molecule has 2 heterocycles. The molecule has 2 aromatic carbocycles. The molecule has 0 atom stereocenters. The normalized spacial score (nSPS) is 10.9. The second-order valence-electron chi connectivity index (χ2n) is 5.77. The van der Waals surface area contributed by atoms with Gasteiger partial charge in [-0.15, -0.1) is 0 Å². The largest absolute Gasteiger partial charge is 0.323 e. The molecular weight excluding hydrogens is 401 g/mol. The Morgan fingerprint density at radius 1 is 1.18 bits per heavy atom. The van der Waals surface area contributed by atoms with Crippen molar-refractivity contribution in [1.82, 2.24) is 19.7 Å². The van der Waals surface area contributed by atoms with Crippen LogP contribution in [0, 0.1) is 5.82 Å². The van der Waals surface area contributed by atoms with Gasteiger partial charge >= 0.3 is 0 Å². The summed E-state index contributed by atoms with van der Waals surface area (Å²) < 4.78 is 15.3. The van der Waals surface area contributed by atoms with Crippen molar-refractivity contribution in [3.05, 3.63) is 71.9 Å². The first-order valence-corrected chi connectivity index (χ1v) is 9.60. The van der Waals surface area contributed by atoms with Crippen molar-refractivity contribution < 1.29 is 9.18 Å². The summed E-state index contributed by atoms with van der Waals surface area (Å²) in [4.78, 5) is 20.7. The van der Waals surface area contributed by atoms with Gasteiger partial charge in [0.05, 0.1) is 28.7 Å². The lowest BCUT2D eigenvalue weighted by molar-refractivity contribution is -0.113. The number of halogens is 2. The summed E-state index contributed by atoms with van der Waals surface area (Å²) in [7, 11) is 0. The maximum absolute atomic E-state index is 13.7. The predicted molar refractivity (Wildman–Crippen MR) is 107 cm³/mol. The number of benzene rings is 2. The van der Waals surface area contributed by atoms with E-state index in [1.54, 1.807) is 35.1 Å². The number of amides is 1. The monoisotopic (exact) mass is 413 g/mol. The van der Waals surface area contributed by atoms with E-state index in [1.807, 2.05) is 12.1 Å². The summed E-state index contributed by atoms with van der Waals surface area (Å²) >= 11 is 7.29. The molecule has 1 N–H and O–H groups in total. The molecule has 6 nitrogen and oxygen atoms in total. The average Bonchev–Trinajstić information content (AvgIpc) is 3.13. The number of nitrogens with one attached hydrogen (secondary N) is 1. The molecular formula is C19H13ClFN5OS. The molecule has 28 heavy (non-hydrogen) atoms. The third kappa shape index (κ3) is 3.83. The van der Waals surface area contributed by atoms with Crippen molar-refractivity contribution in [2.45, 2.75) is 5.03 Å². The van der Waals surface area contributed by atoms with Crippen LogP contribution in [0.4, 0.5) is 10.1 Å². The molecule has 0 fully saturated rings. The number of fused-ring (bicyclic) bond motifs is 1. The van der Waals surface area contributed by atoms with Gasteiger partial charge in [-0.3, -0.25) is 4.79 Å². The standard InChI is InChI=1S/C19H13ClFN5OS/c20-12-4-3-5-13(8-12)26-18-14(9-24-26)19(23-11-22-18)28-10-17(27)25-16-7-2-1-6-15(16)21/h1-9,11H,10H2,(H,25,27). The molecule has 1 amide bonds. The molecule has 0 spiro atoms. The highest BCUT2D eigenvalue weighted by atomic mass is 35.5. The zero-order valence-electron chi connectivity index (χ0n) is 14.3. The lowest BCUT2D eigenvalue weighted by Gasteiger charge is -2.06. The summed E-state index contributed by atoms with van der Waals surface area (Å²) in [5, 5.41) is 8.84. The van der Waals surface area contributed by atoms with Crippen molar-refractivity contribution >= 4 is 46.0 Å². The van der Waals surface area contributed by atoms with E-state index in [-0.39, 0.29) is 17.3 Å². The highest BCUT2D eigenvalue weighted by Crippen LogP contribution is 2.26. The Morgan fingerprint density at radius 3 is 2.86 bits per heavy atom. The fraction of sp³-hybridized carbons (Fsp3) is 0.0526. The first-order valence-electron chi connectivity index (χ1n) is 8.23. The molecule has 140 valence electrons. The highest BCUT2D eigenvalue weighted by molar-refractivity contribution is 8.00. The van der Waals surface area contributed by atoms with Crippen LogP contribution < -0.4 is 5.32 Å². The van der Waals surface area contributed by atoms with E-state index < -0.39 is 5.82 Å². The number of hydrogen-bond donors (Lipinski definition) is 1. The Balaban J connectivity index is 1.53. The third-order valence-electron chi connectivity index (χ3n) is 3.87. The van der Waals surface area contributed by atoms with Crippen molar-refractivity contribution in [2.75, 3.05) is 11.1 Å². The van der Waals surface area contributed by atoms with Crippen LogP contribution in [0.1, 0.15) is 0 Å². The molecule has 4 aromatic rings. The van der Waals surface area contributed by atoms with Gasteiger partial charge in [-0.25, -0.2) is 19.0 Å². The highest BCUT2D eigenvalue weighted by Gasteiger charge is 2.14. The van der Waals surface area contributed by atoms with E-state index in [9.17, 15) is 9.18 Å². The number of carbonyl (C=O) groups is 1. The topological polar surface area (TPSA) is 72.7 Å². The van der Waals surface area contributed by atoms with Crippen LogP contribution in [-0.4, -0.2) is 31.4 Å². The number of nitrogens with zero attached hydrogens (tertiary/aromatic N) is 4. The van der Waals surface area contributed by atoms with E-state index in [2.05, 4.69) is 20.4 Å². The molecule has 0 saturated carbocycles. The minimum Gasteiger partial charge on any atom is -0.323 e. The van der Waals surface area contributed by atoms with Gasteiger partial charge in [0.15, 0.2) is 5.65 Å². The molecule has 0 radical (unpaired) electrons. The fourth-order valence-corrected chi connectivity index (χ4v) is 3.56. The Bertz CT molecular complexity index is 1170. The second-order valence-corrected chi connectivity index (χ2v) is 7.17. The Labute approximate surface area is 168 Å². The SMILES string of the molecule is O=C(CSc1ncnc2c1cnn2-c1cccc(Cl)c1)Nc1ccccc1F. The van der Waals surface area contributed by atoms with Gasteiger partial charge in [0, 0.05) is 5.02 Å². The van der Waals surface area contributed by atoms with E-state index in [4.69, 9.17) is 11.6 Å². The molecule has 9 heteroatoms. The zero-order chi connectivity index (χ0) is 19.5. The number of para-hydroxylation sites is 1. The molecule has 0 aliphatic rings. The third-order valence-corrected chi connectivity index (χ3v) is 5.11. The maximum Gasteiger partial charge on any atom is 0.234 e. The lowest BCUT2D eigenvalue weighted by Crippen LogP contribution is -2.15. The van der Waals surface area contributed by atoms with Gasteiger partial charge in [-0.2, -0.15) is 5.10 Å². The van der Waals surface area contributed by atoms with Crippen LogP contribution in [0.3, 0.4) is 0 Å². The van der Waals surface area contributed by atoms with Crippen molar-refractivity contribution in [2.24, 2.45) is 0 Å². The second kappa shape index (κ2) is 7.95. The van der Waals surface area contributed by atoms with Gasteiger partial charge in [0.25, 0.3) is 0 Å². The molecule has 2 aromatic heterocycles. The van der Waals surface area contributed by atoms with Gasteiger partial charge < -0.3 is 5.32 Å². The summed E-state index contributed by atoms with van der Waals surface area (Å²) in [6, 6.07) is 13.3. The van der Waals surface area contributed by atoms with Gasteiger partial charge in [0.2, 0.25) is 5.91 Å². The summed E-state index contributed by atoms with van der Waals surface area (Å²) in [5.74, 6) is -0.736. The number of carbonyl (C=O) groups excluding carboxylic acids is 1. The maximum atomic E-state index is 13.7. The number of thioether (sulfide) groups is 1. The Hall–Kier alpha value is -2.97. The molecule has 0 saturated heterocycles. The van der Waals surface area contributed by atoms with Gasteiger partial charge in [-0.05, 0) is 30.3 Å². The number of rotatable bonds is 5. The van der Waals surface area contributed by atoms with E-state index in [0.29, 0.717) is 21.1 Å². The van der Waals surface area contributed by atoms with Crippen LogP contribution in [0.5, 0.6) is 0 Å². The lowest BCUT2D eigenvalue weighted by atomic mass is 10.3. The number of anilines is 1. The predicted octanol–water partition coefficient (Wildman–Crippen LogP) is 4.34. The molecule has 0 bridgehead atoms. The van der Waals surface area contributed by atoms with Crippen molar-refractivity contribution in [3.8, 4) is 5.69 Å². The van der Waals surface area contributed by atoms with E-state index in [0.717, 1.165) is 5.69 Å². The zero-order valence-corrected chi connectivity index (χ0v) is 15.9. The quantitative estimate of drug-likeness (QED) is 0.389. The first kappa shape index (κ1) is 18.4. The van der Waals surface area contributed by atoms with Crippen LogP contribution in [0.2, 0.25) is 5.02 Å². The Morgan fingerprint density at radius 2 is 2.04 bits per heavy atom. The molecule has 0 aliphatic carbocycles. The van der Waals surface area contributed by atoms with Crippen LogP contribution in [-0.2, 0) is 4.79 Å². The Kier molecular flexibility index (Phi) is 5.23. The van der Waals surface area contributed by atoms with Crippen molar-refractivity contribution in [1.29, 1.82) is 0 Å². The molecule has 0 aliphatic heterocycles. The minimum atomic E-state index is -0.479. The van der Waals surface area contributed by atoms with E-state index in [1.165, 1.54) is 30.2 Å². The van der Waals surface area contributed by atoms with Crippen LogP contribution >= 0.6 is 23.4 Å². The minimum absolute atomic E-state index is 0.0722.